The second-order valence-corrected chi connectivity index (χ2v) is 6.74. The number of amides is 3. The maximum absolute atomic E-state index is 12.2. The molecule has 1 N–H and O–H groups in total. The van der Waals surface area contributed by atoms with Gasteiger partial charge in [0.05, 0.1) is 0 Å². The molecule has 1 aliphatic heterocycles. The highest BCUT2D eigenvalue weighted by Crippen LogP contribution is 2.19. The third-order valence-electron chi connectivity index (χ3n) is 4.26. The van der Waals surface area contributed by atoms with Crippen LogP contribution in [0.1, 0.15) is 39.5 Å². The molecule has 0 aromatic heterocycles. The van der Waals surface area contributed by atoms with Crippen molar-refractivity contribution in [2.45, 2.75) is 45.6 Å². The van der Waals surface area contributed by atoms with Crippen LogP contribution in [0.4, 0.5) is 10.5 Å². The molecule has 0 saturated carbocycles. The number of benzene rings is 1. The second-order valence-electron chi connectivity index (χ2n) is 6.74. The van der Waals surface area contributed by atoms with Gasteiger partial charge in [0.15, 0.2) is 6.61 Å². The molecule has 0 bridgehead atoms. The lowest BCUT2D eigenvalue weighted by molar-refractivity contribution is -0.133. The molecule has 25 heavy (non-hydrogen) atoms. The van der Waals surface area contributed by atoms with E-state index in [9.17, 15) is 9.59 Å². The number of ether oxygens (including phenoxy) is 1. The highest BCUT2D eigenvalue weighted by Gasteiger charge is 2.16. The fourth-order valence-electron chi connectivity index (χ4n) is 2.78. The summed E-state index contributed by atoms with van der Waals surface area (Å²) in [6, 6.07) is 7.12. The summed E-state index contributed by atoms with van der Waals surface area (Å²) in [6.07, 6.45) is 4.55. The Hall–Kier alpha value is -2.24. The quantitative estimate of drug-likeness (QED) is 0.890. The van der Waals surface area contributed by atoms with Gasteiger partial charge < -0.3 is 15.0 Å². The zero-order valence-electron chi connectivity index (χ0n) is 15.5. The van der Waals surface area contributed by atoms with E-state index in [-0.39, 0.29) is 24.6 Å². The number of hydrogen-bond acceptors (Lipinski definition) is 3. The predicted octanol–water partition coefficient (Wildman–Crippen LogP) is 3.02. The lowest BCUT2D eigenvalue weighted by Gasteiger charge is -2.21. The number of carbonyl (C=O) groups is 2. The van der Waals surface area contributed by atoms with Gasteiger partial charge in [-0.1, -0.05) is 12.8 Å². The molecule has 2 rings (SSSR count). The van der Waals surface area contributed by atoms with Crippen molar-refractivity contribution in [3.05, 3.63) is 24.3 Å². The number of rotatable bonds is 5. The summed E-state index contributed by atoms with van der Waals surface area (Å²) in [5.41, 5.74) is 0.768. The molecule has 1 saturated heterocycles. The lowest BCUT2D eigenvalue weighted by atomic mass is 10.2. The van der Waals surface area contributed by atoms with Crippen LogP contribution in [0.25, 0.3) is 0 Å². The van der Waals surface area contributed by atoms with Crippen molar-refractivity contribution in [2.24, 2.45) is 0 Å². The minimum Gasteiger partial charge on any atom is -0.484 e. The maximum Gasteiger partial charge on any atom is 0.321 e. The first-order valence-electron chi connectivity index (χ1n) is 9.02. The number of carbonyl (C=O) groups excluding carboxylic acids is 2. The van der Waals surface area contributed by atoms with Crippen LogP contribution in [0.2, 0.25) is 0 Å². The number of anilines is 1. The average Bonchev–Trinajstić information content (AvgIpc) is 2.88. The van der Waals surface area contributed by atoms with Crippen molar-refractivity contribution in [3.63, 3.8) is 0 Å². The van der Waals surface area contributed by atoms with Crippen LogP contribution in [0.3, 0.4) is 0 Å². The van der Waals surface area contributed by atoms with Crippen molar-refractivity contribution in [1.29, 1.82) is 0 Å². The Bertz CT molecular complexity index is 564. The highest BCUT2D eigenvalue weighted by atomic mass is 16.5. The van der Waals surface area contributed by atoms with E-state index >= 15 is 0 Å². The second kappa shape index (κ2) is 9.30. The summed E-state index contributed by atoms with van der Waals surface area (Å²) >= 11 is 0. The maximum atomic E-state index is 12.2. The molecule has 6 nitrogen and oxygen atoms in total. The van der Waals surface area contributed by atoms with Crippen LogP contribution >= 0.6 is 0 Å². The van der Waals surface area contributed by atoms with E-state index in [0.717, 1.165) is 31.6 Å². The molecule has 0 radical (unpaired) electrons. The number of urea groups is 1. The largest absolute Gasteiger partial charge is 0.484 e. The van der Waals surface area contributed by atoms with E-state index in [1.165, 1.54) is 12.8 Å². The Morgan fingerprint density at radius 2 is 1.72 bits per heavy atom. The fraction of sp³-hybridized carbons (Fsp3) is 0.579. The molecule has 1 aromatic carbocycles. The summed E-state index contributed by atoms with van der Waals surface area (Å²) in [5.74, 6) is 0.670. The smallest absolute Gasteiger partial charge is 0.321 e. The Morgan fingerprint density at radius 1 is 1.12 bits per heavy atom. The van der Waals surface area contributed by atoms with Crippen molar-refractivity contribution in [2.75, 3.05) is 31.6 Å². The average molecular weight is 347 g/mol. The van der Waals surface area contributed by atoms with Gasteiger partial charge in [-0.2, -0.15) is 0 Å². The van der Waals surface area contributed by atoms with E-state index in [4.69, 9.17) is 4.74 Å². The van der Waals surface area contributed by atoms with Gasteiger partial charge in [-0.05, 0) is 51.0 Å². The van der Waals surface area contributed by atoms with Crippen LogP contribution in [0.5, 0.6) is 5.75 Å². The molecule has 6 heteroatoms. The first kappa shape index (κ1) is 19.1. The Kier molecular flexibility index (Phi) is 7.10. The van der Waals surface area contributed by atoms with Gasteiger partial charge in [0.2, 0.25) is 0 Å². The Balaban J connectivity index is 1.85. The Morgan fingerprint density at radius 3 is 2.28 bits per heavy atom. The number of nitrogens with zero attached hydrogens (tertiary/aromatic N) is 2. The van der Waals surface area contributed by atoms with Crippen LogP contribution in [0.15, 0.2) is 24.3 Å². The highest BCUT2D eigenvalue weighted by molar-refractivity contribution is 5.91. The van der Waals surface area contributed by atoms with E-state index < -0.39 is 0 Å². The molecule has 1 heterocycles. The first-order chi connectivity index (χ1) is 12.0. The van der Waals surface area contributed by atoms with Crippen molar-refractivity contribution < 1.29 is 14.3 Å². The molecule has 1 fully saturated rings. The van der Waals surface area contributed by atoms with Gasteiger partial charge in [0.25, 0.3) is 5.91 Å². The molecule has 0 atom stereocenters. The lowest BCUT2D eigenvalue weighted by Crippen LogP contribution is -2.40. The number of likely N-dealkylation sites (tertiary alicyclic amines) is 1. The van der Waals surface area contributed by atoms with Gasteiger partial charge in [-0.15, -0.1) is 0 Å². The minimum absolute atomic E-state index is 0.0411. The summed E-state index contributed by atoms with van der Waals surface area (Å²) < 4.78 is 5.61. The predicted molar refractivity (Wildman–Crippen MR) is 99.1 cm³/mol. The Labute approximate surface area is 150 Å². The van der Waals surface area contributed by atoms with E-state index in [1.54, 1.807) is 24.1 Å². The third kappa shape index (κ3) is 5.96. The van der Waals surface area contributed by atoms with E-state index in [1.807, 2.05) is 30.9 Å². The van der Waals surface area contributed by atoms with Gasteiger partial charge >= 0.3 is 6.03 Å². The van der Waals surface area contributed by atoms with Crippen molar-refractivity contribution in [3.8, 4) is 5.75 Å². The molecule has 138 valence electrons. The van der Waals surface area contributed by atoms with Gasteiger partial charge in [0.1, 0.15) is 5.75 Å². The molecule has 3 amide bonds. The summed E-state index contributed by atoms with van der Waals surface area (Å²) in [4.78, 5) is 27.7. The summed E-state index contributed by atoms with van der Waals surface area (Å²) in [7, 11) is 1.72. The molecule has 1 aromatic rings. The standard InChI is InChI=1S/C19H29N3O3/c1-15(2)20-19(24)21(3)16-8-10-17(11-9-16)25-14-18(23)22-12-6-4-5-7-13-22/h8-11,15H,4-7,12-14H2,1-3H3,(H,20,24). The van der Waals surface area contributed by atoms with Crippen LogP contribution in [-0.2, 0) is 4.79 Å². The van der Waals surface area contributed by atoms with Crippen molar-refractivity contribution in [1.82, 2.24) is 10.2 Å². The fourth-order valence-corrected chi connectivity index (χ4v) is 2.78. The van der Waals surface area contributed by atoms with E-state index in [2.05, 4.69) is 5.32 Å². The topological polar surface area (TPSA) is 61.9 Å². The summed E-state index contributed by atoms with van der Waals surface area (Å²) in [6.45, 7) is 5.56. The van der Waals surface area contributed by atoms with Crippen molar-refractivity contribution >= 4 is 17.6 Å². The molecule has 0 spiro atoms. The monoisotopic (exact) mass is 347 g/mol. The van der Waals surface area contributed by atoms with Gasteiger partial charge in [-0.25, -0.2) is 4.79 Å². The minimum atomic E-state index is -0.153. The third-order valence-corrected chi connectivity index (χ3v) is 4.26. The van der Waals surface area contributed by atoms with Crippen LogP contribution < -0.4 is 15.0 Å². The van der Waals surface area contributed by atoms with Gasteiger partial charge in [0, 0.05) is 31.9 Å². The SMILES string of the molecule is CC(C)NC(=O)N(C)c1ccc(OCC(=O)N2CCCCCC2)cc1. The molecule has 0 unspecified atom stereocenters. The zero-order chi connectivity index (χ0) is 18.2. The van der Waals surface area contributed by atoms with Crippen LogP contribution in [0, 0.1) is 0 Å². The molecular weight excluding hydrogens is 318 g/mol. The van der Waals surface area contributed by atoms with Gasteiger partial charge in [-0.3, -0.25) is 9.69 Å². The molecule has 0 aliphatic carbocycles. The number of nitrogens with one attached hydrogen (secondary N) is 1. The normalized spacial score (nSPS) is 14.8. The van der Waals surface area contributed by atoms with E-state index in [0.29, 0.717) is 5.75 Å². The first-order valence-corrected chi connectivity index (χ1v) is 9.02. The molecule has 1 aliphatic rings. The van der Waals surface area contributed by atoms with Crippen LogP contribution in [-0.4, -0.2) is 49.6 Å². The molecular formula is C19H29N3O3. The summed E-state index contributed by atoms with van der Waals surface area (Å²) in [5, 5.41) is 2.84. The number of hydrogen-bond donors (Lipinski definition) is 1. The zero-order valence-corrected chi connectivity index (χ0v) is 15.5.